The lowest BCUT2D eigenvalue weighted by Crippen LogP contribution is -2.33. The van der Waals surface area contributed by atoms with E-state index in [1.807, 2.05) is 0 Å². The maximum Gasteiger partial charge on any atom is 0.258 e. The second-order valence-electron chi connectivity index (χ2n) is 13.5. The molecule has 2 atom stereocenters. The topological polar surface area (TPSA) is 200 Å². The molecule has 0 spiro atoms. The molecule has 4 amide bonds. The van der Waals surface area contributed by atoms with E-state index in [0.29, 0.717) is 11.1 Å². The van der Waals surface area contributed by atoms with E-state index in [4.69, 9.17) is 92.8 Å². The number of carbonyl (C=O) groups excluding carboxylic acids is 6. The highest BCUT2D eigenvalue weighted by atomic mass is 35.5. The summed E-state index contributed by atoms with van der Waals surface area (Å²) in [5.41, 5.74) is 2.03. The summed E-state index contributed by atoms with van der Waals surface area (Å²) in [6, 6.07) is 13.7. The highest BCUT2D eigenvalue weighted by Gasteiger charge is 2.27. The Hall–Kier alpha value is -5.16. The first kappa shape index (κ1) is 49.8. The van der Waals surface area contributed by atoms with Gasteiger partial charge in [-0.1, -0.05) is 92.8 Å². The standard InChI is InChI=1S/C42H30Cl8N8O6/c1-17-18(2)28(52-42(64)38(20(4)60)58-56-32-16-22(6-8-24(32)44)40(62)54-30-12-10-26(46)34(48)36(30)50)14-13-27(17)51-41(63)37(19(3)59)57-55-31-15-21(5-7-23(31)43)39(61)53-29-11-9-25(45)33(47)35(29)49/h5-16,37-38H,1-4H3,(H,51,63)(H,52,64)(H,53,61)(H,54,62). The Labute approximate surface area is 405 Å². The Balaban J connectivity index is 1.27. The second kappa shape index (κ2) is 21.7. The van der Waals surface area contributed by atoms with E-state index in [2.05, 4.69) is 41.7 Å². The molecule has 0 fully saturated rings. The first-order valence-electron chi connectivity index (χ1n) is 18.2. The van der Waals surface area contributed by atoms with Crippen LogP contribution in [0.1, 0.15) is 45.7 Å². The lowest BCUT2D eigenvalue weighted by molar-refractivity contribution is -0.127. The van der Waals surface area contributed by atoms with Gasteiger partial charge in [0.05, 0.1) is 51.6 Å². The van der Waals surface area contributed by atoms with Gasteiger partial charge in [-0.25, -0.2) is 0 Å². The molecule has 5 aromatic carbocycles. The largest absolute Gasteiger partial charge is 0.324 e. The van der Waals surface area contributed by atoms with Gasteiger partial charge in [0.2, 0.25) is 12.1 Å². The summed E-state index contributed by atoms with van der Waals surface area (Å²) in [7, 11) is 0. The van der Waals surface area contributed by atoms with Gasteiger partial charge in [0, 0.05) is 22.5 Å². The fourth-order valence-corrected chi connectivity index (χ4v) is 6.94. The lowest BCUT2D eigenvalue weighted by Gasteiger charge is -2.17. The van der Waals surface area contributed by atoms with Crippen LogP contribution in [-0.4, -0.2) is 47.3 Å². The van der Waals surface area contributed by atoms with Gasteiger partial charge in [-0.15, -0.1) is 0 Å². The number of amides is 4. The number of halogens is 8. The molecule has 64 heavy (non-hydrogen) atoms. The molecule has 2 unspecified atom stereocenters. The van der Waals surface area contributed by atoms with Crippen LogP contribution in [0.25, 0.3) is 0 Å². The molecule has 0 bridgehead atoms. The molecule has 0 saturated carbocycles. The number of hydrogen-bond acceptors (Lipinski definition) is 10. The zero-order valence-electron chi connectivity index (χ0n) is 33.3. The number of benzene rings is 5. The highest BCUT2D eigenvalue weighted by molar-refractivity contribution is 6.50. The normalized spacial score (nSPS) is 12.2. The van der Waals surface area contributed by atoms with Crippen molar-refractivity contribution >= 4 is 162 Å². The summed E-state index contributed by atoms with van der Waals surface area (Å²) in [5, 5.41) is 27.1. The summed E-state index contributed by atoms with van der Waals surface area (Å²) in [6.07, 6.45) is 0. The van der Waals surface area contributed by atoms with Gasteiger partial charge in [-0.3, -0.25) is 28.8 Å². The molecule has 14 nitrogen and oxygen atoms in total. The minimum absolute atomic E-state index is 0.0183. The van der Waals surface area contributed by atoms with Crippen LogP contribution in [0.2, 0.25) is 40.2 Å². The molecule has 0 heterocycles. The van der Waals surface area contributed by atoms with E-state index >= 15 is 0 Å². The lowest BCUT2D eigenvalue weighted by atomic mass is 10.0. The number of Topliss-reactive ketones (excluding diaryl/α,β-unsaturated/α-hetero) is 2. The van der Waals surface area contributed by atoms with Gasteiger partial charge >= 0.3 is 0 Å². The Bertz CT molecular complexity index is 2630. The minimum Gasteiger partial charge on any atom is -0.324 e. The van der Waals surface area contributed by atoms with E-state index in [9.17, 15) is 28.8 Å². The van der Waals surface area contributed by atoms with Crippen molar-refractivity contribution in [3.05, 3.63) is 135 Å². The smallest absolute Gasteiger partial charge is 0.258 e. The number of azo groups is 2. The maximum absolute atomic E-state index is 13.4. The number of nitrogens with one attached hydrogen (secondary N) is 4. The van der Waals surface area contributed by atoms with Crippen molar-refractivity contribution in [1.29, 1.82) is 0 Å². The third kappa shape index (κ3) is 11.9. The SMILES string of the molecule is CC(=O)C(N=Nc1cc(C(=O)Nc2ccc(Cl)c(Cl)c2Cl)ccc1Cl)C(=O)Nc1ccc(NC(=O)C(N=Nc2cc(C(=O)Nc3ccc(Cl)c(Cl)c3Cl)ccc2Cl)C(C)=O)c(C)c1C. The van der Waals surface area contributed by atoms with E-state index in [0.717, 1.165) is 13.8 Å². The van der Waals surface area contributed by atoms with Crippen molar-refractivity contribution in [2.75, 3.05) is 21.3 Å². The maximum atomic E-state index is 13.4. The molecule has 5 aromatic rings. The third-order valence-corrected chi connectivity index (χ3v) is 12.3. The Kier molecular flexibility index (Phi) is 16.9. The van der Waals surface area contributed by atoms with Crippen molar-refractivity contribution in [3.63, 3.8) is 0 Å². The van der Waals surface area contributed by atoms with Gasteiger partial charge in [0.1, 0.15) is 11.4 Å². The van der Waals surface area contributed by atoms with Crippen LogP contribution in [-0.2, 0) is 19.2 Å². The van der Waals surface area contributed by atoms with Crippen LogP contribution >= 0.6 is 92.8 Å². The zero-order chi connectivity index (χ0) is 47.2. The number of carbonyl (C=O) groups is 6. The quantitative estimate of drug-likeness (QED) is 0.0484. The first-order chi connectivity index (χ1) is 30.2. The Morgan fingerprint density at radius 3 is 1.11 bits per heavy atom. The molecule has 0 aromatic heterocycles. The molecule has 330 valence electrons. The third-order valence-electron chi connectivity index (χ3n) is 9.12. The highest BCUT2D eigenvalue weighted by Crippen LogP contribution is 2.38. The van der Waals surface area contributed by atoms with Crippen LogP contribution in [0.5, 0.6) is 0 Å². The zero-order valence-corrected chi connectivity index (χ0v) is 39.4. The fraction of sp³-hybridized carbons (Fsp3) is 0.143. The van der Waals surface area contributed by atoms with Crippen molar-refractivity contribution in [3.8, 4) is 0 Å². The molecular formula is C42H30Cl8N8O6. The molecule has 22 heteroatoms. The first-order valence-corrected chi connectivity index (χ1v) is 21.2. The molecular weight excluding hydrogens is 996 g/mol. The molecule has 0 aliphatic carbocycles. The van der Waals surface area contributed by atoms with Gasteiger partial charge in [0.25, 0.3) is 23.6 Å². The van der Waals surface area contributed by atoms with Crippen LogP contribution < -0.4 is 21.3 Å². The second-order valence-corrected chi connectivity index (χ2v) is 16.7. The van der Waals surface area contributed by atoms with Crippen molar-refractivity contribution in [1.82, 2.24) is 0 Å². The number of nitrogens with zero attached hydrogens (tertiary/aromatic N) is 4. The summed E-state index contributed by atoms with van der Waals surface area (Å²) >= 11 is 49.2. The number of ketones is 2. The number of rotatable bonds is 14. The van der Waals surface area contributed by atoms with Crippen LogP contribution in [0.4, 0.5) is 34.1 Å². The van der Waals surface area contributed by atoms with Gasteiger partial charge < -0.3 is 21.3 Å². The van der Waals surface area contributed by atoms with Crippen LogP contribution in [0.3, 0.4) is 0 Å². The van der Waals surface area contributed by atoms with Crippen LogP contribution in [0.15, 0.2) is 93.3 Å². The summed E-state index contributed by atoms with van der Waals surface area (Å²) in [6.45, 7) is 5.59. The fourth-order valence-electron chi connectivity index (χ4n) is 5.47. The molecule has 0 saturated heterocycles. The van der Waals surface area contributed by atoms with Gasteiger partial charge in [0.15, 0.2) is 11.6 Å². The van der Waals surface area contributed by atoms with Crippen LogP contribution in [0, 0.1) is 13.8 Å². The number of anilines is 4. The predicted octanol–water partition coefficient (Wildman–Crippen LogP) is 13.4. The molecule has 4 N–H and O–H groups in total. The van der Waals surface area contributed by atoms with E-state index < -0.39 is 47.3 Å². The van der Waals surface area contributed by atoms with Gasteiger partial charge in [-0.05, 0) is 112 Å². The van der Waals surface area contributed by atoms with Crippen molar-refractivity contribution in [2.45, 2.75) is 39.8 Å². The van der Waals surface area contributed by atoms with E-state index in [1.54, 1.807) is 13.8 Å². The molecule has 0 radical (unpaired) electrons. The minimum atomic E-state index is -1.63. The molecule has 0 aliphatic rings. The number of hydrogen-bond donors (Lipinski definition) is 4. The molecule has 0 aliphatic heterocycles. The summed E-state index contributed by atoms with van der Waals surface area (Å²) < 4.78 is 0. The predicted molar refractivity (Wildman–Crippen MR) is 253 cm³/mol. The average Bonchev–Trinajstić information content (AvgIpc) is 3.24. The molecule has 5 rings (SSSR count). The monoisotopic (exact) mass is 1020 g/mol. The van der Waals surface area contributed by atoms with E-state index in [1.165, 1.54) is 72.8 Å². The van der Waals surface area contributed by atoms with Crippen molar-refractivity contribution < 1.29 is 28.8 Å². The summed E-state index contributed by atoms with van der Waals surface area (Å²) in [5.74, 6) is -4.22. The Morgan fingerprint density at radius 1 is 0.438 bits per heavy atom. The average molecular weight is 1030 g/mol. The van der Waals surface area contributed by atoms with Crippen molar-refractivity contribution in [2.24, 2.45) is 20.5 Å². The van der Waals surface area contributed by atoms with Gasteiger partial charge in [-0.2, -0.15) is 20.5 Å². The van der Waals surface area contributed by atoms with E-state index in [-0.39, 0.29) is 85.4 Å². The Morgan fingerprint density at radius 2 is 0.766 bits per heavy atom. The summed E-state index contributed by atoms with van der Waals surface area (Å²) in [4.78, 5) is 78.1.